The molecule has 0 unspecified atom stereocenters. The van der Waals surface area contributed by atoms with Crippen LogP contribution in [0.5, 0.6) is 0 Å². The lowest BCUT2D eigenvalue weighted by Gasteiger charge is -2.22. The van der Waals surface area contributed by atoms with Gasteiger partial charge in [-0.1, -0.05) is 32.0 Å². The van der Waals surface area contributed by atoms with Crippen molar-refractivity contribution in [3.05, 3.63) is 29.8 Å². The van der Waals surface area contributed by atoms with E-state index in [0.717, 1.165) is 38.4 Å². The van der Waals surface area contributed by atoms with Crippen molar-refractivity contribution in [2.45, 2.75) is 33.6 Å². The second kappa shape index (κ2) is 6.60. The molecule has 0 fully saturated rings. The normalized spacial score (nSPS) is 14.9. The number of para-hydroxylation sites is 1. The monoisotopic (exact) mass is 259 g/mol. The molecule has 0 saturated heterocycles. The summed E-state index contributed by atoms with van der Waals surface area (Å²) in [5.74, 6) is 1.74. The third-order valence-corrected chi connectivity index (χ3v) is 3.45. The first-order valence-corrected chi connectivity index (χ1v) is 7.36. The Kier molecular flexibility index (Phi) is 4.83. The van der Waals surface area contributed by atoms with E-state index in [9.17, 15) is 0 Å². The van der Waals surface area contributed by atoms with Crippen molar-refractivity contribution in [3.63, 3.8) is 0 Å². The lowest BCUT2D eigenvalue weighted by Crippen LogP contribution is -2.40. The number of aliphatic imine (C=N–C) groups is 1. The highest BCUT2D eigenvalue weighted by Gasteiger charge is 2.22. The number of fused-ring (bicyclic) bond motifs is 1. The van der Waals surface area contributed by atoms with Crippen molar-refractivity contribution in [1.29, 1.82) is 0 Å². The number of rotatable bonds is 4. The Labute approximate surface area is 116 Å². The molecule has 0 amide bonds. The minimum Gasteiger partial charge on any atom is -0.356 e. The summed E-state index contributed by atoms with van der Waals surface area (Å²) >= 11 is 0. The molecule has 3 nitrogen and oxygen atoms in total. The standard InChI is InChI=1S/C16H25N3/c1-4-17-16(18-11-9-13(2)3)19-12-10-14-7-5-6-8-15(14)19/h5-8,13H,4,9-12H2,1-3H3,(H,17,18). The van der Waals surface area contributed by atoms with E-state index in [1.54, 1.807) is 0 Å². The topological polar surface area (TPSA) is 27.6 Å². The van der Waals surface area contributed by atoms with E-state index in [1.807, 2.05) is 0 Å². The lowest BCUT2D eigenvalue weighted by molar-refractivity contribution is 0.595. The minimum absolute atomic E-state index is 0.706. The first-order chi connectivity index (χ1) is 9.22. The van der Waals surface area contributed by atoms with E-state index >= 15 is 0 Å². The molecule has 1 aliphatic rings. The van der Waals surface area contributed by atoms with Gasteiger partial charge in [0.05, 0.1) is 0 Å². The second-order valence-corrected chi connectivity index (χ2v) is 5.45. The van der Waals surface area contributed by atoms with Gasteiger partial charge in [-0.05, 0) is 37.3 Å². The molecule has 0 aliphatic carbocycles. The van der Waals surface area contributed by atoms with Crippen molar-refractivity contribution in [3.8, 4) is 0 Å². The van der Waals surface area contributed by atoms with Crippen LogP contribution in [0.4, 0.5) is 5.69 Å². The summed E-state index contributed by atoms with van der Waals surface area (Å²) in [4.78, 5) is 7.08. The molecule has 104 valence electrons. The molecule has 0 spiro atoms. The zero-order valence-corrected chi connectivity index (χ0v) is 12.3. The highest BCUT2D eigenvalue weighted by atomic mass is 15.3. The Morgan fingerprint density at radius 1 is 1.37 bits per heavy atom. The molecular weight excluding hydrogens is 234 g/mol. The van der Waals surface area contributed by atoms with Crippen molar-refractivity contribution >= 4 is 11.6 Å². The number of benzene rings is 1. The zero-order valence-electron chi connectivity index (χ0n) is 12.3. The quantitative estimate of drug-likeness (QED) is 0.665. The number of nitrogens with zero attached hydrogens (tertiary/aromatic N) is 2. The summed E-state index contributed by atoms with van der Waals surface area (Å²) in [5, 5.41) is 3.42. The smallest absolute Gasteiger partial charge is 0.198 e. The van der Waals surface area contributed by atoms with Crippen LogP contribution < -0.4 is 10.2 Å². The van der Waals surface area contributed by atoms with Crippen LogP contribution in [0.25, 0.3) is 0 Å². The molecular formula is C16H25N3. The van der Waals surface area contributed by atoms with E-state index in [1.165, 1.54) is 11.3 Å². The molecule has 0 atom stereocenters. The van der Waals surface area contributed by atoms with Gasteiger partial charge in [-0.25, -0.2) is 0 Å². The van der Waals surface area contributed by atoms with Crippen LogP contribution in [0.1, 0.15) is 32.8 Å². The lowest BCUT2D eigenvalue weighted by atomic mass is 10.1. The van der Waals surface area contributed by atoms with Crippen LogP contribution in [-0.4, -0.2) is 25.6 Å². The van der Waals surface area contributed by atoms with E-state index in [-0.39, 0.29) is 0 Å². The maximum Gasteiger partial charge on any atom is 0.198 e. The number of hydrogen-bond donors (Lipinski definition) is 1. The summed E-state index contributed by atoms with van der Waals surface area (Å²) in [6, 6.07) is 8.63. The second-order valence-electron chi connectivity index (χ2n) is 5.45. The highest BCUT2D eigenvalue weighted by Crippen LogP contribution is 2.27. The van der Waals surface area contributed by atoms with E-state index in [2.05, 4.69) is 55.3 Å². The summed E-state index contributed by atoms with van der Waals surface area (Å²) in [5.41, 5.74) is 2.74. The van der Waals surface area contributed by atoms with Gasteiger partial charge in [-0.2, -0.15) is 0 Å². The molecule has 2 rings (SSSR count). The Balaban J connectivity index is 2.12. The van der Waals surface area contributed by atoms with Crippen LogP contribution in [0.15, 0.2) is 29.3 Å². The van der Waals surface area contributed by atoms with Gasteiger partial charge in [-0.3, -0.25) is 4.99 Å². The van der Waals surface area contributed by atoms with E-state index in [4.69, 9.17) is 4.99 Å². The number of nitrogens with one attached hydrogen (secondary N) is 1. The molecule has 19 heavy (non-hydrogen) atoms. The Morgan fingerprint density at radius 3 is 2.89 bits per heavy atom. The molecule has 3 heteroatoms. The predicted octanol–water partition coefficient (Wildman–Crippen LogP) is 3.06. The van der Waals surface area contributed by atoms with Gasteiger partial charge < -0.3 is 10.2 Å². The van der Waals surface area contributed by atoms with Crippen LogP contribution in [0.3, 0.4) is 0 Å². The third-order valence-electron chi connectivity index (χ3n) is 3.45. The summed E-state index contributed by atoms with van der Waals surface area (Å²) in [7, 11) is 0. The Morgan fingerprint density at radius 2 is 2.16 bits per heavy atom. The highest BCUT2D eigenvalue weighted by molar-refractivity contribution is 5.97. The summed E-state index contributed by atoms with van der Waals surface area (Å²) < 4.78 is 0. The average molecular weight is 259 g/mol. The van der Waals surface area contributed by atoms with Gasteiger partial charge in [0.15, 0.2) is 5.96 Å². The number of anilines is 1. The van der Waals surface area contributed by atoms with Gasteiger partial charge >= 0.3 is 0 Å². The fourth-order valence-electron chi connectivity index (χ4n) is 2.38. The molecule has 1 heterocycles. The largest absolute Gasteiger partial charge is 0.356 e. The third kappa shape index (κ3) is 3.49. The van der Waals surface area contributed by atoms with Crippen molar-refractivity contribution in [2.75, 3.05) is 24.5 Å². The minimum atomic E-state index is 0.706. The molecule has 0 saturated carbocycles. The predicted molar refractivity (Wildman–Crippen MR) is 82.9 cm³/mol. The van der Waals surface area contributed by atoms with Gasteiger partial charge in [-0.15, -0.1) is 0 Å². The van der Waals surface area contributed by atoms with Gasteiger partial charge in [0, 0.05) is 25.3 Å². The maximum atomic E-state index is 4.77. The average Bonchev–Trinajstić information content (AvgIpc) is 2.81. The fraction of sp³-hybridized carbons (Fsp3) is 0.562. The molecule has 0 aromatic heterocycles. The van der Waals surface area contributed by atoms with E-state index < -0.39 is 0 Å². The van der Waals surface area contributed by atoms with Crippen molar-refractivity contribution < 1.29 is 0 Å². The first-order valence-electron chi connectivity index (χ1n) is 7.36. The SMILES string of the molecule is CCNC(=NCCC(C)C)N1CCc2ccccc21. The fourth-order valence-corrected chi connectivity index (χ4v) is 2.38. The van der Waals surface area contributed by atoms with Gasteiger partial charge in [0.1, 0.15) is 0 Å². The Hall–Kier alpha value is -1.51. The summed E-state index contributed by atoms with van der Waals surface area (Å²) in [6.45, 7) is 9.46. The molecule has 0 bridgehead atoms. The van der Waals surface area contributed by atoms with Crippen LogP contribution in [0, 0.1) is 5.92 Å². The van der Waals surface area contributed by atoms with Gasteiger partial charge in [0.25, 0.3) is 0 Å². The first kappa shape index (κ1) is 13.9. The van der Waals surface area contributed by atoms with Crippen molar-refractivity contribution in [2.24, 2.45) is 10.9 Å². The summed E-state index contributed by atoms with van der Waals surface area (Å²) in [6.07, 6.45) is 2.26. The Bertz CT molecular complexity index is 437. The molecule has 0 radical (unpaired) electrons. The zero-order chi connectivity index (χ0) is 13.7. The van der Waals surface area contributed by atoms with Crippen LogP contribution in [-0.2, 0) is 6.42 Å². The van der Waals surface area contributed by atoms with E-state index in [0.29, 0.717) is 5.92 Å². The molecule has 1 aromatic rings. The number of hydrogen-bond acceptors (Lipinski definition) is 1. The molecule has 1 aromatic carbocycles. The number of guanidine groups is 1. The molecule has 1 N–H and O–H groups in total. The van der Waals surface area contributed by atoms with Crippen LogP contribution in [0.2, 0.25) is 0 Å². The van der Waals surface area contributed by atoms with Gasteiger partial charge in [0.2, 0.25) is 0 Å². The molecule has 1 aliphatic heterocycles. The maximum absolute atomic E-state index is 4.77. The van der Waals surface area contributed by atoms with Crippen molar-refractivity contribution in [1.82, 2.24) is 5.32 Å². The van der Waals surface area contributed by atoms with Crippen LogP contribution >= 0.6 is 0 Å².